The fraction of sp³-hybridized carbons (Fsp3) is 0.121. The van der Waals surface area contributed by atoms with Crippen molar-refractivity contribution in [3.8, 4) is 39.1 Å². The molecule has 2 aromatic heterocycles. The Labute approximate surface area is 403 Å². The zero-order chi connectivity index (χ0) is 46.1. The van der Waals surface area contributed by atoms with Gasteiger partial charge < -0.3 is 0 Å². The third kappa shape index (κ3) is 6.14. The maximum absolute atomic E-state index is 2.58. The molecule has 0 spiro atoms. The van der Waals surface area contributed by atoms with Gasteiger partial charge in [-0.3, -0.25) is 0 Å². The van der Waals surface area contributed by atoms with Crippen molar-refractivity contribution < 1.29 is 0 Å². The Morgan fingerprint density at radius 3 is 1.26 bits per heavy atom. The summed E-state index contributed by atoms with van der Waals surface area (Å²) in [7, 11) is 0. The van der Waals surface area contributed by atoms with Gasteiger partial charge in [-0.05, 0) is 10.8 Å². The second kappa shape index (κ2) is 15.1. The molecule has 0 unspecified atom stereocenters. The molecule has 11 aromatic carbocycles. The van der Waals surface area contributed by atoms with Crippen LogP contribution in [0.15, 0.2) is 200 Å². The minimum absolute atomic E-state index is 0.0243. The Bertz CT molecular complexity index is 4020. The Balaban J connectivity index is 1.10. The van der Waals surface area contributed by atoms with Gasteiger partial charge in [0.25, 0.3) is 0 Å². The molecule has 13 aromatic rings. The van der Waals surface area contributed by atoms with Gasteiger partial charge in [0.15, 0.2) is 0 Å². The molecule has 326 valence electrons. The molecule has 0 bridgehead atoms. The molecule has 1 nitrogen and oxygen atoms in total. The van der Waals surface area contributed by atoms with Crippen molar-refractivity contribution >= 4 is 98.7 Å². The zero-order valence-electron chi connectivity index (χ0n) is 39.4. The van der Waals surface area contributed by atoms with E-state index in [4.69, 9.17) is 0 Å². The molecule has 0 saturated carbocycles. The molecular formula is C66H51NSe. The summed E-state index contributed by atoms with van der Waals surface area (Å²) in [6.45, 7) is 13.9. The van der Waals surface area contributed by atoms with Gasteiger partial charge in [-0.1, -0.05) is 41.5 Å². The van der Waals surface area contributed by atoms with Crippen LogP contribution in [0, 0.1) is 0 Å². The van der Waals surface area contributed by atoms with E-state index in [-0.39, 0.29) is 25.3 Å². The average Bonchev–Trinajstić information content (AvgIpc) is 3.90. The fourth-order valence-electron chi connectivity index (χ4n) is 11.4. The molecule has 0 aliphatic heterocycles. The van der Waals surface area contributed by atoms with Crippen molar-refractivity contribution in [3.05, 3.63) is 211 Å². The van der Waals surface area contributed by atoms with Crippen molar-refractivity contribution in [3.63, 3.8) is 0 Å². The fourth-order valence-corrected chi connectivity index (χ4v) is 14.0. The van der Waals surface area contributed by atoms with Crippen molar-refractivity contribution in [2.45, 2.75) is 52.4 Å². The Morgan fingerprint density at radius 2 is 0.750 bits per heavy atom. The standard InChI is InChI=1S/C66H51NSe/c1-65(2,3)41-34-36-56-54(38-41)55-39-42(66(4,5)6)35-37-57(55)67(56)63-49-28-16-14-26-47(49)60(48-27-15-17-29-50(48)63)51-30-19-33-58-62(51)53-32-18-31-52(64(53)68-58)61-45-24-12-10-22-43(45)59(40-20-8-7-9-21-40)44-23-11-13-25-46(44)61/h7-39H,1-6H3. The minimum atomic E-state index is 0.0243. The van der Waals surface area contributed by atoms with Gasteiger partial charge in [0.2, 0.25) is 0 Å². The number of benzene rings is 11. The molecule has 13 rings (SSSR count). The van der Waals surface area contributed by atoms with Gasteiger partial charge >= 0.3 is 354 Å². The van der Waals surface area contributed by atoms with Crippen LogP contribution in [-0.2, 0) is 10.8 Å². The quantitative estimate of drug-likeness (QED) is 0.122. The summed E-state index contributed by atoms with van der Waals surface area (Å²) in [6, 6.07) is 76.0. The molecular weight excluding hydrogens is 886 g/mol. The van der Waals surface area contributed by atoms with Gasteiger partial charge in [0.05, 0.1) is 0 Å². The molecule has 2 heteroatoms. The summed E-state index contributed by atoms with van der Waals surface area (Å²) in [5.74, 6) is 0. The summed E-state index contributed by atoms with van der Waals surface area (Å²) in [4.78, 5) is 0. The molecule has 0 aliphatic carbocycles. The third-order valence-corrected chi connectivity index (χ3v) is 17.2. The van der Waals surface area contributed by atoms with Crippen LogP contribution in [0.4, 0.5) is 0 Å². The van der Waals surface area contributed by atoms with Crippen LogP contribution in [-0.4, -0.2) is 19.1 Å². The van der Waals surface area contributed by atoms with Gasteiger partial charge in [-0.15, -0.1) is 0 Å². The van der Waals surface area contributed by atoms with E-state index in [0.717, 1.165) is 0 Å². The van der Waals surface area contributed by atoms with E-state index in [1.165, 1.54) is 134 Å². The average molecular weight is 937 g/mol. The number of hydrogen-bond donors (Lipinski definition) is 0. The molecule has 2 heterocycles. The van der Waals surface area contributed by atoms with Crippen LogP contribution in [0.1, 0.15) is 52.7 Å². The van der Waals surface area contributed by atoms with E-state index in [1.54, 1.807) is 0 Å². The van der Waals surface area contributed by atoms with E-state index in [0.29, 0.717) is 0 Å². The predicted octanol–water partition coefficient (Wildman–Crippen LogP) is 18.4. The van der Waals surface area contributed by atoms with Crippen molar-refractivity contribution in [1.29, 1.82) is 0 Å². The first-order chi connectivity index (χ1) is 33.0. The molecule has 0 aliphatic rings. The Hall–Kier alpha value is -7.22. The van der Waals surface area contributed by atoms with Crippen LogP contribution in [0.25, 0.3) is 123 Å². The second-order valence-corrected chi connectivity index (χ2v) is 23.0. The number of aromatic nitrogens is 1. The topological polar surface area (TPSA) is 4.93 Å². The summed E-state index contributed by atoms with van der Waals surface area (Å²) < 4.78 is 5.48. The second-order valence-electron chi connectivity index (χ2n) is 20.8. The predicted molar refractivity (Wildman–Crippen MR) is 296 cm³/mol. The van der Waals surface area contributed by atoms with E-state index < -0.39 is 0 Å². The zero-order valence-corrected chi connectivity index (χ0v) is 41.1. The molecule has 0 N–H and O–H groups in total. The van der Waals surface area contributed by atoms with Crippen molar-refractivity contribution in [1.82, 2.24) is 4.57 Å². The number of fused-ring (bicyclic) bond motifs is 10. The monoisotopic (exact) mass is 937 g/mol. The maximum atomic E-state index is 2.58. The van der Waals surface area contributed by atoms with Gasteiger partial charge in [-0.25, -0.2) is 0 Å². The van der Waals surface area contributed by atoms with Crippen LogP contribution >= 0.6 is 0 Å². The summed E-state index contributed by atoms with van der Waals surface area (Å²) in [6.07, 6.45) is 0. The SMILES string of the molecule is CC(C)(C)c1ccc2c(c1)c1cc(C(C)(C)C)ccc1n2-c1c2ccccc2c(-c2cccc3[se]c4c(-c5c6ccccc6c(-c6ccccc6)c6ccccc56)cccc4c23)c2ccccc12. The Morgan fingerprint density at radius 1 is 0.338 bits per heavy atom. The summed E-state index contributed by atoms with van der Waals surface area (Å²) >= 11 is 0.0872. The van der Waals surface area contributed by atoms with Crippen molar-refractivity contribution in [2.75, 3.05) is 0 Å². The number of nitrogens with zero attached hydrogens (tertiary/aromatic N) is 1. The van der Waals surface area contributed by atoms with E-state index in [9.17, 15) is 0 Å². The number of rotatable bonds is 4. The normalized spacial score (nSPS) is 12.6. The summed E-state index contributed by atoms with van der Waals surface area (Å²) in [5, 5.41) is 15.6. The van der Waals surface area contributed by atoms with Gasteiger partial charge in [0, 0.05) is 0 Å². The first-order valence-corrected chi connectivity index (χ1v) is 25.7. The third-order valence-electron chi connectivity index (χ3n) is 14.7. The van der Waals surface area contributed by atoms with Crippen molar-refractivity contribution in [2.24, 2.45) is 0 Å². The Kier molecular flexibility index (Phi) is 9.13. The van der Waals surface area contributed by atoms with E-state index in [1.807, 2.05) is 0 Å². The molecule has 0 fully saturated rings. The first kappa shape index (κ1) is 41.0. The van der Waals surface area contributed by atoms with Gasteiger partial charge in [0.1, 0.15) is 0 Å². The van der Waals surface area contributed by atoms with E-state index >= 15 is 0 Å². The molecule has 0 atom stereocenters. The molecule has 68 heavy (non-hydrogen) atoms. The van der Waals surface area contributed by atoms with Crippen LogP contribution in [0.5, 0.6) is 0 Å². The van der Waals surface area contributed by atoms with Crippen LogP contribution < -0.4 is 0 Å². The molecule has 0 saturated heterocycles. The van der Waals surface area contributed by atoms with E-state index in [2.05, 4.69) is 246 Å². The van der Waals surface area contributed by atoms with Crippen LogP contribution in [0.3, 0.4) is 0 Å². The van der Waals surface area contributed by atoms with Crippen LogP contribution in [0.2, 0.25) is 0 Å². The molecule has 0 amide bonds. The summed E-state index contributed by atoms with van der Waals surface area (Å²) in [5.41, 5.74) is 14.3. The molecule has 0 radical (unpaired) electrons. The number of hydrogen-bond acceptors (Lipinski definition) is 0. The van der Waals surface area contributed by atoms with Gasteiger partial charge in [-0.2, -0.15) is 0 Å². The first-order valence-electron chi connectivity index (χ1n) is 24.0.